The summed E-state index contributed by atoms with van der Waals surface area (Å²) in [4.78, 5) is 20.9. The van der Waals surface area contributed by atoms with E-state index in [4.69, 9.17) is 4.42 Å². The van der Waals surface area contributed by atoms with E-state index >= 15 is 0 Å². The minimum absolute atomic E-state index is 0. The number of hydrogen-bond donors (Lipinski definition) is 1. The van der Waals surface area contributed by atoms with Crippen LogP contribution in [0.1, 0.15) is 23.0 Å². The second-order valence-corrected chi connectivity index (χ2v) is 7.02. The minimum atomic E-state index is -0.279. The van der Waals surface area contributed by atoms with Crippen molar-refractivity contribution in [3.8, 4) is 0 Å². The highest BCUT2D eigenvalue weighted by atomic mass is 127. The first-order valence-electron chi connectivity index (χ1n) is 8.88. The van der Waals surface area contributed by atoms with Crippen LogP contribution in [0.4, 0.5) is 4.39 Å². The van der Waals surface area contributed by atoms with Gasteiger partial charge in [0.2, 0.25) is 0 Å². The molecular weight excluding hydrogens is 542 g/mol. The molecule has 3 rings (SSSR count). The topological polar surface area (TPSA) is 61.1 Å². The average Bonchev–Trinajstić information content (AvgIpc) is 3.22. The van der Waals surface area contributed by atoms with Gasteiger partial charge in [-0.15, -0.1) is 24.0 Å². The Balaban J connectivity index is 0.00000280. The van der Waals surface area contributed by atoms with Crippen molar-refractivity contribution in [3.05, 3.63) is 58.2 Å². The molecule has 1 N–H and O–H groups in total. The van der Waals surface area contributed by atoms with Crippen molar-refractivity contribution in [2.24, 2.45) is 4.99 Å². The van der Waals surface area contributed by atoms with Gasteiger partial charge in [0.15, 0.2) is 11.7 Å². The highest BCUT2D eigenvalue weighted by molar-refractivity contribution is 14.0. The molecule has 1 fully saturated rings. The number of furan rings is 1. The lowest BCUT2D eigenvalue weighted by atomic mass is 10.2. The summed E-state index contributed by atoms with van der Waals surface area (Å²) >= 11 is 3.44. The summed E-state index contributed by atoms with van der Waals surface area (Å²) in [5.41, 5.74) is 0.789. The van der Waals surface area contributed by atoms with Crippen molar-refractivity contribution in [2.75, 3.05) is 32.7 Å². The highest BCUT2D eigenvalue weighted by Gasteiger charge is 2.25. The Morgan fingerprint density at radius 1 is 1.25 bits per heavy atom. The summed E-state index contributed by atoms with van der Waals surface area (Å²) in [6, 6.07) is 7.97. The van der Waals surface area contributed by atoms with Gasteiger partial charge in [-0.1, -0.05) is 15.9 Å². The molecule has 2 heterocycles. The maximum Gasteiger partial charge on any atom is 0.289 e. The predicted octanol–water partition coefficient (Wildman–Crippen LogP) is 3.72. The van der Waals surface area contributed by atoms with Crippen LogP contribution in [0.3, 0.4) is 0 Å². The Morgan fingerprint density at radius 2 is 1.96 bits per heavy atom. The van der Waals surface area contributed by atoms with Gasteiger partial charge >= 0.3 is 0 Å². The third-order valence-electron chi connectivity index (χ3n) is 4.34. The number of nitrogens with one attached hydrogen (secondary N) is 1. The van der Waals surface area contributed by atoms with E-state index in [2.05, 4.69) is 31.1 Å². The van der Waals surface area contributed by atoms with Crippen molar-refractivity contribution in [2.45, 2.75) is 13.5 Å². The molecule has 1 amide bonds. The molecule has 0 bridgehead atoms. The van der Waals surface area contributed by atoms with Gasteiger partial charge in [0, 0.05) is 37.2 Å². The van der Waals surface area contributed by atoms with Gasteiger partial charge in [-0.25, -0.2) is 9.38 Å². The first kappa shape index (κ1) is 22.7. The van der Waals surface area contributed by atoms with Gasteiger partial charge in [-0.3, -0.25) is 4.79 Å². The van der Waals surface area contributed by atoms with Crippen molar-refractivity contribution in [3.63, 3.8) is 0 Å². The number of amides is 1. The third kappa shape index (κ3) is 5.69. The number of nitrogens with zero attached hydrogens (tertiary/aromatic N) is 3. The molecule has 1 aliphatic heterocycles. The highest BCUT2D eigenvalue weighted by Crippen LogP contribution is 2.19. The van der Waals surface area contributed by atoms with Gasteiger partial charge in [0.25, 0.3) is 5.91 Å². The van der Waals surface area contributed by atoms with Crippen LogP contribution in [-0.2, 0) is 6.54 Å². The number of aliphatic imine (C=N–C) groups is 1. The summed E-state index contributed by atoms with van der Waals surface area (Å²) in [5, 5.41) is 3.27. The van der Waals surface area contributed by atoms with E-state index in [9.17, 15) is 9.18 Å². The zero-order chi connectivity index (χ0) is 19.2. The summed E-state index contributed by atoms with van der Waals surface area (Å²) in [5.74, 6) is 0.752. The molecule has 0 atom stereocenters. The molecule has 0 saturated carbocycles. The Labute approximate surface area is 189 Å². The standard InChI is InChI=1S/C19H22BrFN4O2.HI/c1-2-22-19(23-13-14-12-15(21)5-6-16(14)20)25-9-7-24(8-10-25)18(26)17-4-3-11-27-17;/h3-6,11-12H,2,7-10,13H2,1H3,(H,22,23);1H. The molecule has 0 aliphatic carbocycles. The van der Waals surface area contributed by atoms with E-state index in [0.29, 0.717) is 38.5 Å². The molecule has 1 aromatic heterocycles. The van der Waals surface area contributed by atoms with Crippen LogP contribution < -0.4 is 5.32 Å². The van der Waals surface area contributed by atoms with E-state index in [1.165, 1.54) is 18.4 Å². The zero-order valence-corrected chi connectivity index (χ0v) is 19.4. The second kappa shape index (κ2) is 10.8. The van der Waals surface area contributed by atoms with Crippen LogP contribution in [0.25, 0.3) is 0 Å². The molecule has 0 radical (unpaired) electrons. The summed E-state index contributed by atoms with van der Waals surface area (Å²) < 4.78 is 19.5. The molecule has 2 aromatic rings. The SMILES string of the molecule is CCNC(=NCc1cc(F)ccc1Br)N1CCN(C(=O)c2ccco2)CC1.I. The molecule has 0 spiro atoms. The number of guanidine groups is 1. The number of piperazine rings is 1. The lowest BCUT2D eigenvalue weighted by Gasteiger charge is -2.36. The van der Waals surface area contributed by atoms with Crippen LogP contribution in [0.15, 0.2) is 50.5 Å². The molecule has 1 saturated heterocycles. The Morgan fingerprint density at radius 3 is 2.61 bits per heavy atom. The van der Waals surface area contributed by atoms with Gasteiger partial charge in [-0.2, -0.15) is 0 Å². The minimum Gasteiger partial charge on any atom is -0.459 e. The largest absolute Gasteiger partial charge is 0.459 e. The lowest BCUT2D eigenvalue weighted by Crippen LogP contribution is -2.53. The molecule has 1 aromatic carbocycles. The maximum atomic E-state index is 13.5. The molecule has 1 aliphatic rings. The molecule has 28 heavy (non-hydrogen) atoms. The number of carbonyl (C=O) groups is 1. The van der Waals surface area contributed by atoms with Crippen LogP contribution >= 0.6 is 39.9 Å². The van der Waals surface area contributed by atoms with Gasteiger partial charge in [0.05, 0.1) is 12.8 Å². The van der Waals surface area contributed by atoms with E-state index in [1.54, 1.807) is 23.1 Å². The Bertz CT molecular complexity index is 808. The monoisotopic (exact) mass is 564 g/mol. The zero-order valence-electron chi connectivity index (χ0n) is 15.5. The summed E-state index contributed by atoms with van der Waals surface area (Å²) in [6.45, 7) is 5.62. The Kier molecular flexibility index (Phi) is 8.74. The van der Waals surface area contributed by atoms with Crippen LogP contribution in [0.5, 0.6) is 0 Å². The predicted molar refractivity (Wildman–Crippen MR) is 121 cm³/mol. The second-order valence-electron chi connectivity index (χ2n) is 6.16. The summed E-state index contributed by atoms with van der Waals surface area (Å²) in [7, 11) is 0. The van der Waals surface area contributed by atoms with Crippen molar-refractivity contribution in [1.82, 2.24) is 15.1 Å². The van der Waals surface area contributed by atoms with E-state index < -0.39 is 0 Å². The summed E-state index contributed by atoms with van der Waals surface area (Å²) in [6.07, 6.45) is 1.50. The molecule has 6 nitrogen and oxygen atoms in total. The molecule has 9 heteroatoms. The molecular formula is C19H23BrFIN4O2. The first-order chi connectivity index (χ1) is 13.1. The van der Waals surface area contributed by atoms with Crippen LogP contribution in [0.2, 0.25) is 0 Å². The molecule has 0 unspecified atom stereocenters. The normalized spacial score (nSPS) is 14.6. The number of halogens is 3. The van der Waals surface area contributed by atoms with Crippen LogP contribution in [-0.4, -0.2) is 54.4 Å². The number of rotatable bonds is 4. The Hall–Kier alpha value is -1.62. The van der Waals surface area contributed by atoms with Crippen LogP contribution in [0, 0.1) is 5.82 Å². The first-order valence-corrected chi connectivity index (χ1v) is 9.67. The fourth-order valence-corrected chi connectivity index (χ4v) is 3.30. The van der Waals surface area contributed by atoms with Crippen molar-refractivity contribution >= 4 is 51.8 Å². The quantitative estimate of drug-likeness (QED) is 0.349. The number of carbonyl (C=O) groups excluding carboxylic acids is 1. The number of hydrogen-bond acceptors (Lipinski definition) is 3. The lowest BCUT2D eigenvalue weighted by molar-refractivity contribution is 0.0657. The fourth-order valence-electron chi connectivity index (χ4n) is 2.93. The van der Waals surface area contributed by atoms with Crippen molar-refractivity contribution < 1.29 is 13.6 Å². The van der Waals surface area contributed by atoms with Gasteiger partial charge in [-0.05, 0) is 42.8 Å². The van der Waals surface area contributed by atoms with E-state index in [-0.39, 0.29) is 35.7 Å². The fraction of sp³-hybridized carbons (Fsp3) is 0.368. The number of benzene rings is 1. The average molecular weight is 565 g/mol. The van der Waals surface area contributed by atoms with Gasteiger partial charge in [0.1, 0.15) is 5.82 Å². The molecule has 152 valence electrons. The third-order valence-corrected chi connectivity index (χ3v) is 5.11. The van der Waals surface area contributed by atoms with E-state index in [0.717, 1.165) is 22.5 Å². The smallest absolute Gasteiger partial charge is 0.289 e. The maximum absolute atomic E-state index is 13.5. The van der Waals surface area contributed by atoms with E-state index in [1.807, 2.05) is 6.92 Å². The van der Waals surface area contributed by atoms with Crippen molar-refractivity contribution in [1.29, 1.82) is 0 Å². The van der Waals surface area contributed by atoms with Gasteiger partial charge < -0.3 is 19.5 Å².